The van der Waals surface area contributed by atoms with Crippen molar-refractivity contribution in [2.24, 2.45) is 0 Å². The van der Waals surface area contributed by atoms with Gasteiger partial charge in [-0.25, -0.2) is 4.79 Å². The molecule has 0 radical (unpaired) electrons. The van der Waals surface area contributed by atoms with Gasteiger partial charge in [-0.2, -0.15) is 0 Å². The van der Waals surface area contributed by atoms with E-state index in [0.29, 0.717) is 32.8 Å². The smallest absolute Gasteiger partial charge is 0.320 e. The first kappa shape index (κ1) is 17.2. The number of likely N-dealkylation sites (tertiary alicyclic amines) is 1. The summed E-state index contributed by atoms with van der Waals surface area (Å²) in [6.07, 6.45) is 5.46. The summed E-state index contributed by atoms with van der Waals surface area (Å²) in [5.41, 5.74) is 0.0252. The summed E-state index contributed by atoms with van der Waals surface area (Å²) in [4.78, 5) is 34.7. The number of anilines is 1. The maximum atomic E-state index is 12.8. The molecule has 3 aliphatic rings. The standard InChI is InChI=1S/C18H24N4O4/c23-16-11-26-18(13-22(16)15-4-3-5-19-10-15)12-21(8-9-25-14-18)17(24)20-6-1-2-7-20/h3-5,10H,1-2,6-9,11-14H2. The third kappa shape index (κ3) is 3.39. The van der Waals surface area contributed by atoms with E-state index in [1.165, 1.54) is 0 Å². The second kappa shape index (κ2) is 7.20. The zero-order valence-electron chi connectivity index (χ0n) is 14.8. The van der Waals surface area contributed by atoms with Crippen molar-refractivity contribution in [2.75, 3.05) is 57.4 Å². The lowest BCUT2D eigenvalue weighted by molar-refractivity contribution is -0.145. The molecule has 3 fully saturated rings. The minimum atomic E-state index is -0.713. The molecule has 0 aromatic carbocycles. The van der Waals surface area contributed by atoms with Crippen LogP contribution >= 0.6 is 0 Å². The van der Waals surface area contributed by atoms with E-state index in [4.69, 9.17) is 9.47 Å². The molecule has 140 valence electrons. The summed E-state index contributed by atoms with van der Waals surface area (Å²) >= 11 is 0. The number of morpholine rings is 1. The Morgan fingerprint density at radius 3 is 2.77 bits per heavy atom. The molecule has 0 bridgehead atoms. The minimum absolute atomic E-state index is 0.0238. The van der Waals surface area contributed by atoms with E-state index < -0.39 is 5.60 Å². The van der Waals surface area contributed by atoms with Gasteiger partial charge in [-0.15, -0.1) is 0 Å². The molecule has 0 saturated carbocycles. The lowest BCUT2D eigenvalue weighted by atomic mass is 10.0. The number of aromatic nitrogens is 1. The van der Waals surface area contributed by atoms with Crippen molar-refractivity contribution in [1.29, 1.82) is 0 Å². The number of pyridine rings is 1. The van der Waals surface area contributed by atoms with Gasteiger partial charge in [0, 0.05) is 25.8 Å². The highest BCUT2D eigenvalue weighted by Crippen LogP contribution is 2.27. The average Bonchev–Trinajstić information content (AvgIpc) is 3.13. The van der Waals surface area contributed by atoms with E-state index in [-0.39, 0.29) is 18.5 Å². The highest BCUT2D eigenvalue weighted by molar-refractivity contribution is 5.95. The number of nitrogens with zero attached hydrogens (tertiary/aromatic N) is 4. The highest BCUT2D eigenvalue weighted by Gasteiger charge is 2.45. The van der Waals surface area contributed by atoms with Crippen LogP contribution in [0, 0.1) is 0 Å². The molecule has 3 amide bonds. The van der Waals surface area contributed by atoms with E-state index >= 15 is 0 Å². The molecular weight excluding hydrogens is 336 g/mol. The predicted octanol–water partition coefficient (Wildman–Crippen LogP) is 0.732. The maximum absolute atomic E-state index is 12.8. The Balaban J connectivity index is 1.53. The number of carbonyl (C=O) groups excluding carboxylic acids is 2. The third-order valence-corrected chi connectivity index (χ3v) is 5.20. The second-order valence-electron chi connectivity index (χ2n) is 7.11. The Morgan fingerprint density at radius 2 is 2.00 bits per heavy atom. The fraction of sp³-hybridized carbons (Fsp3) is 0.611. The topological polar surface area (TPSA) is 75.2 Å². The van der Waals surface area contributed by atoms with Gasteiger partial charge in [-0.1, -0.05) is 0 Å². The molecule has 0 aliphatic carbocycles. The fourth-order valence-corrected chi connectivity index (χ4v) is 3.82. The largest absolute Gasteiger partial charge is 0.376 e. The first-order chi connectivity index (χ1) is 12.7. The molecule has 1 atom stereocenters. The molecule has 4 heterocycles. The van der Waals surface area contributed by atoms with E-state index in [0.717, 1.165) is 31.6 Å². The molecule has 26 heavy (non-hydrogen) atoms. The van der Waals surface area contributed by atoms with E-state index in [1.807, 2.05) is 15.9 Å². The average molecular weight is 360 g/mol. The molecular formula is C18H24N4O4. The van der Waals surface area contributed by atoms with Gasteiger partial charge in [0.05, 0.1) is 38.2 Å². The van der Waals surface area contributed by atoms with Crippen molar-refractivity contribution < 1.29 is 19.1 Å². The van der Waals surface area contributed by atoms with Gasteiger partial charge in [-0.05, 0) is 25.0 Å². The monoisotopic (exact) mass is 360 g/mol. The number of ether oxygens (including phenoxy) is 2. The van der Waals surface area contributed by atoms with Crippen molar-refractivity contribution in [3.8, 4) is 0 Å². The van der Waals surface area contributed by atoms with Crippen LogP contribution in [0.2, 0.25) is 0 Å². The lowest BCUT2D eigenvalue weighted by Gasteiger charge is -2.43. The first-order valence-corrected chi connectivity index (χ1v) is 9.13. The van der Waals surface area contributed by atoms with Crippen LogP contribution in [0.25, 0.3) is 0 Å². The summed E-state index contributed by atoms with van der Waals surface area (Å²) in [6.45, 7) is 3.75. The van der Waals surface area contributed by atoms with Crippen LogP contribution in [-0.4, -0.2) is 84.9 Å². The van der Waals surface area contributed by atoms with Crippen molar-refractivity contribution >= 4 is 17.6 Å². The molecule has 3 aliphatic heterocycles. The van der Waals surface area contributed by atoms with Crippen molar-refractivity contribution in [2.45, 2.75) is 18.4 Å². The Kier molecular flexibility index (Phi) is 4.78. The summed E-state index contributed by atoms with van der Waals surface area (Å²) in [5.74, 6) is -0.106. The van der Waals surface area contributed by atoms with Crippen LogP contribution in [-0.2, 0) is 14.3 Å². The number of hydrogen-bond donors (Lipinski definition) is 0. The van der Waals surface area contributed by atoms with Crippen LogP contribution in [0.15, 0.2) is 24.5 Å². The van der Waals surface area contributed by atoms with Gasteiger partial charge in [0.15, 0.2) is 0 Å². The summed E-state index contributed by atoms with van der Waals surface area (Å²) in [5, 5.41) is 0. The molecule has 1 aromatic heterocycles. The van der Waals surface area contributed by atoms with Crippen molar-refractivity contribution in [3.63, 3.8) is 0 Å². The van der Waals surface area contributed by atoms with E-state index in [1.54, 1.807) is 23.4 Å². The SMILES string of the molecule is O=C(N1CCCC1)N1CCOCC2(C1)CN(c1cccnc1)C(=O)CO2. The molecule has 0 N–H and O–H groups in total. The quantitative estimate of drug-likeness (QED) is 0.738. The number of hydrogen-bond acceptors (Lipinski definition) is 5. The Bertz CT molecular complexity index is 664. The summed E-state index contributed by atoms with van der Waals surface area (Å²) in [7, 11) is 0. The molecule has 4 rings (SSSR count). The second-order valence-corrected chi connectivity index (χ2v) is 7.11. The zero-order valence-corrected chi connectivity index (χ0v) is 14.8. The predicted molar refractivity (Wildman–Crippen MR) is 93.9 cm³/mol. The molecule has 1 aromatic rings. The number of amides is 3. The van der Waals surface area contributed by atoms with Gasteiger partial charge in [0.2, 0.25) is 0 Å². The van der Waals surface area contributed by atoms with Crippen LogP contribution in [0.5, 0.6) is 0 Å². The van der Waals surface area contributed by atoms with Gasteiger partial charge < -0.3 is 24.2 Å². The van der Waals surface area contributed by atoms with Gasteiger partial charge in [-0.3, -0.25) is 9.78 Å². The zero-order chi connectivity index (χ0) is 18.0. The lowest BCUT2D eigenvalue weighted by Crippen LogP contribution is -2.62. The number of carbonyl (C=O) groups is 2. The molecule has 1 unspecified atom stereocenters. The first-order valence-electron chi connectivity index (χ1n) is 9.13. The van der Waals surface area contributed by atoms with Crippen LogP contribution in [0.1, 0.15) is 12.8 Å². The van der Waals surface area contributed by atoms with Gasteiger partial charge in [0.1, 0.15) is 12.2 Å². The van der Waals surface area contributed by atoms with Crippen LogP contribution in [0.3, 0.4) is 0 Å². The highest BCUT2D eigenvalue weighted by atomic mass is 16.6. The Morgan fingerprint density at radius 1 is 1.15 bits per heavy atom. The van der Waals surface area contributed by atoms with E-state index in [2.05, 4.69) is 4.98 Å². The third-order valence-electron chi connectivity index (χ3n) is 5.20. The van der Waals surface area contributed by atoms with Gasteiger partial charge >= 0.3 is 6.03 Å². The van der Waals surface area contributed by atoms with Crippen LogP contribution < -0.4 is 4.90 Å². The number of urea groups is 1. The Hall–Kier alpha value is -2.19. The molecule has 8 nitrogen and oxygen atoms in total. The fourth-order valence-electron chi connectivity index (χ4n) is 3.82. The normalized spacial score (nSPS) is 27.1. The van der Waals surface area contributed by atoms with Crippen LogP contribution in [0.4, 0.5) is 10.5 Å². The van der Waals surface area contributed by atoms with Gasteiger partial charge in [0.25, 0.3) is 5.91 Å². The number of rotatable bonds is 1. The van der Waals surface area contributed by atoms with Crippen molar-refractivity contribution in [1.82, 2.24) is 14.8 Å². The summed E-state index contributed by atoms with van der Waals surface area (Å²) < 4.78 is 11.7. The molecule has 3 saturated heterocycles. The Labute approximate surface area is 152 Å². The van der Waals surface area contributed by atoms with E-state index in [9.17, 15) is 9.59 Å². The molecule has 1 spiro atoms. The summed E-state index contributed by atoms with van der Waals surface area (Å²) in [6, 6.07) is 3.70. The molecule has 8 heteroatoms. The minimum Gasteiger partial charge on any atom is -0.376 e. The maximum Gasteiger partial charge on any atom is 0.320 e. The van der Waals surface area contributed by atoms with Crippen molar-refractivity contribution in [3.05, 3.63) is 24.5 Å².